The van der Waals surface area contributed by atoms with Gasteiger partial charge in [-0.15, -0.1) is 11.3 Å². The Kier molecular flexibility index (Phi) is 4.90. The number of aromatic nitrogens is 1. The maximum Gasteiger partial charge on any atom is 0.270 e. The Labute approximate surface area is 117 Å². The maximum atomic E-state index is 12.0. The van der Waals surface area contributed by atoms with Gasteiger partial charge in [0.15, 0.2) is 0 Å². The Hall–Kier alpha value is -0.980. The highest BCUT2D eigenvalue weighted by atomic mass is 32.1. The summed E-state index contributed by atoms with van der Waals surface area (Å²) in [5, 5.41) is 5.49. The highest BCUT2D eigenvalue weighted by Crippen LogP contribution is 2.26. The summed E-state index contributed by atoms with van der Waals surface area (Å²) in [7, 11) is 0. The third-order valence-corrected chi connectivity index (χ3v) is 4.28. The van der Waals surface area contributed by atoms with Crippen molar-refractivity contribution < 1.29 is 9.53 Å². The van der Waals surface area contributed by atoms with E-state index < -0.39 is 0 Å². The van der Waals surface area contributed by atoms with Crippen molar-refractivity contribution in [2.75, 3.05) is 13.2 Å². The zero-order valence-electron chi connectivity index (χ0n) is 11.4. The van der Waals surface area contributed by atoms with Crippen molar-refractivity contribution in [2.45, 2.75) is 32.9 Å². The van der Waals surface area contributed by atoms with E-state index in [1.54, 1.807) is 5.38 Å². The summed E-state index contributed by atoms with van der Waals surface area (Å²) in [5.41, 5.74) is 5.95. The smallest absolute Gasteiger partial charge is 0.270 e. The van der Waals surface area contributed by atoms with E-state index in [1.165, 1.54) is 11.3 Å². The van der Waals surface area contributed by atoms with Crippen molar-refractivity contribution >= 4 is 17.2 Å². The number of nitrogens with one attached hydrogen (secondary N) is 1. The molecular formula is C13H21N3O2S. The van der Waals surface area contributed by atoms with Gasteiger partial charge in [0.05, 0.1) is 6.10 Å². The monoisotopic (exact) mass is 283 g/mol. The predicted molar refractivity (Wildman–Crippen MR) is 75.0 cm³/mol. The number of amides is 1. The number of ether oxygens (including phenoxy) is 1. The second-order valence-corrected chi connectivity index (χ2v) is 6.11. The number of nitrogens with zero attached hydrogens (tertiary/aromatic N) is 1. The van der Waals surface area contributed by atoms with Crippen LogP contribution >= 0.6 is 11.3 Å². The number of carbonyl (C=O) groups is 1. The predicted octanol–water partition coefficient (Wildman–Crippen LogP) is 1.39. The molecule has 1 aromatic rings. The molecule has 0 aromatic carbocycles. The minimum atomic E-state index is -0.120. The molecule has 5 nitrogen and oxygen atoms in total. The molecule has 2 unspecified atom stereocenters. The molecule has 1 amide bonds. The number of hydrogen-bond acceptors (Lipinski definition) is 5. The summed E-state index contributed by atoms with van der Waals surface area (Å²) >= 11 is 1.42. The minimum Gasteiger partial charge on any atom is -0.378 e. The molecule has 1 aromatic heterocycles. The van der Waals surface area contributed by atoms with Crippen molar-refractivity contribution in [3.8, 4) is 0 Å². The first-order chi connectivity index (χ1) is 9.11. The number of nitrogens with two attached hydrogens (primary N) is 1. The molecule has 0 bridgehead atoms. The van der Waals surface area contributed by atoms with Crippen LogP contribution in [0.4, 0.5) is 0 Å². The average molecular weight is 283 g/mol. The van der Waals surface area contributed by atoms with Crippen LogP contribution in [0.3, 0.4) is 0 Å². The summed E-state index contributed by atoms with van der Waals surface area (Å²) < 4.78 is 5.71. The maximum absolute atomic E-state index is 12.0. The van der Waals surface area contributed by atoms with Gasteiger partial charge >= 0.3 is 0 Å². The molecule has 2 rings (SSSR count). The zero-order valence-corrected chi connectivity index (χ0v) is 12.2. The van der Waals surface area contributed by atoms with E-state index in [4.69, 9.17) is 10.5 Å². The first-order valence-corrected chi connectivity index (χ1v) is 7.54. The SMILES string of the molecule is CC(C)C1OCCC1CNC(=O)c1csc(CN)n1. The summed E-state index contributed by atoms with van der Waals surface area (Å²) in [5.74, 6) is 0.759. The molecule has 1 fully saturated rings. The second-order valence-electron chi connectivity index (χ2n) is 5.17. The van der Waals surface area contributed by atoms with Crippen LogP contribution in [-0.2, 0) is 11.3 Å². The van der Waals surface area contributed by atoms with Crippen molar-refractivity contribution in [3.05, 3.63) is 16.1 Å². The van der Waals surface area contributed by atoms with E-state index in [1.807, 2.05) is 0 Å². The van der Waals surface area contributed by atoms with Gasteiger partial charge in [-0.25, -0.2) is 4.98 Å². The highest BCUT2D eigenvalue weighted by molar-refractivity contribution is 7.09. The molecule has 0 saturated carbocycles. The van der Waals surface area contributed by atoms with Crippen LogP contribution in [0.5, 0.6) is 0 Å². The quantitative estimate of drug-likeness (QED) is 0.856. The second kappa shape index (κ2) is 6.45. The van der Waals surface area contributed by atoms with Gasteiger partial charge in [-0.3, -0.25) is 4.79 Å². The van der Waals surface area contributed by atoms with Crippen LogP contribution in [0.25, 0.3) is 0 Å². The van der Waals surface area contributed by atoms with Crippen LogP contribution in [0.1, 0.15) is 35.8 Å². The van der Waals surface area contributed by atoms with E-state index in [0.717, 1.165) is 18.0 Å². The molecule has 106 valence electrons. The third kappa shape index (κ3) is 3.52. The van der Waals surface area contributed by atoms with Crippen molar-refractivity contribution in [2.24, 2.45) is 17.6 Å². The van der Waals surface area contributed by atoms with Gasteiger partial charge in [0.1, 0.15) is 10.7 Å². The van der Waals surface area contributed by atoms with Gasteiger partial charge in [-0.05, 0) is 12.3 Å². The zero-order chi connectivity index (χ0) is 13.8. The van der Waals surface area contributed by atoms with Crippen molar-refractivity contribution in [3.63, 3.8) is 0 Å². The average Bonchev–Trinajstić information content (AvgIpc) is 3.04. The normalized spacial score (nSPS) is 22.9. The summed E-state index contributed by atoms with van der Waals surface area (Å²) in [6.07, 6.45) is 1.25. The molecule has 1 aliphatic rings. The first-order valence-electron chi connectivity index (χ1n) is 6.66. The van der Waals surface area contributed by atoms with Crippen molar-refractivity contribution in [1.82, 2.24) is 10.3 Å². The Morgan fingerprint density at radius 3 is 3.11 bits per heavy atom. The highest BCUT2D eigenvalue weighted by Gasteiger charge is 2.30. The Morgan fingerprint density at radius 1 is 1.68 bits per heavy atom. The Bertz CT molecular complexity index is 433. The van der Waals surface area contributed by atoms with Crippen LogP contribution in [0.15, 0.2) is 5.38 Å². The molecule has 0 aliphatic carbocycles. The van der Waals surface area contributed by atoms with Crippen LogP contribution < -0.4 is 11.1 Å². The van der Waals surface area contributed by atoms with Crippen LogP contribution in [0, 0.1) is 11.8 Å². The number of rotatable bonds is 5. The van der Waals surface area contributed by atoms with Gasteiger partial charge in [0.25, 0.3) is 5.91 Å². The van der Waals surface area contributed by atoms with E-state index in [0.29, 0.717) is 30.6 Å². The van der Waals surface area contributed by atoms with Crippen molar-refractivity contribution in [1.29, 1.82) is 0 Å². The fraction of sp³-hybridized carbons (Fsp3) is 0.692. The van der Waals surface area contributed by atoms with Crippen LogP contribution in [0.2, 0.25) is 0 Å². The third-order valence-electron chi connectivity index (χ3n) is 3.40. The fourth-order valence-corrected chi connectivity index (χ4v) is 3.09. The lowest BCUT2D eigenvalue weighted by Gasteiger charge is -2.21. The van der Waals surface area contributed by atoms with Gasteiger partial charge in [-0.1, -0.05) is 13.8 Å². The van der Waals surface area contributed by atoms with Crippen LogP contribution in [-0.4, -0.2) is 30.1 Å². The van der Waals surface area contributed by atoms with E-state index in [2.05, 4.69) is 24.1 Å². The standard InChI is InChI=1S/C13H21N3O2S/c1-8(2)12-9(3-4-18-12)6-15-13(17)10-7-19-11(5-14)16-10/h7-9,12H,3-6,14H2,1-2H3,(H,15,17). The van der Waals surface area contributed by atoms with Gasteiger partial charge < -0.3 is 15.8 Å². The van der Waals surface area contributed by atoms with Gasteiger partial charge in [0.2, 0.25) is 0 Å². The molecular weight excluding hydrogens is 262 g/mol. The minimum absolute atomic E-state index is 0.120. The molecule has 19 heavy (non-hydrogen) atoms. The van der Waals surface area contributed by atoms with E-state index in [9.17, 15) is 4.79 Å². The van der Waals surface area contributed by atoms with E-state index >= 15 is 0 Å². The lowest BCUT2D eigenvalue weighted by molar-refractivity contribution is 0.0533. The lowest BCUT2D eigenvalue weighted by atomic mass is 9.93. The topological polar surface area (TPSA) is 77.2 Å². The molecule has 2 atom stereocenters. The van der Waals surface area contributed by atoms with E-state index in [-0.39, 0.29) is 12.0 Å². The molecule has 3 N–H and O–H groups in total. The summed E-state index contributed by atoms with van der Waals surface area (Å²) in [6.45, 7) is 6.12. The lowest BCUT2D eigenvalue weighted by Crippen LogP contribution is -2.35. The molecule has 2 heterocycles. The Balaban J connectivity index is 1.86. The van der Waals surface area contributed by atoms with Gasteiger partial charge in [-0.2, -0.15) is 0 Å². The molecule has 1 saturated heterocycles. The number of hydrogen-bond donors (Lipinski definition) is 2. The van der Waals surface area contributed by atoms with Gasteiger partial charge in [0, 0.05) is 31.0 Å². The Morgan fingerprint density at radius 2 is 2.47 bits per heavy atom. The number of thiazole rings is 1. The summed E-state index contributed by atoms with van der Waals surface area (Å²) in [6, 6.07) is 0. The molecule has 0 spiro atoms. The molecule has 6 heteroatoms. The summed E-state index contributed by atoms with van der Waals surface area (Å²) in [4.78, 5) is 16.1. The molecule has 1 aliphatic heterocycles. The fourth-order valence-electron chi connectivity index (χ4n) is 2.43. The molecule has 0 radical (unpaired) electrons. The first kappa shape index (κ1) is 14.4. The number of carbonyl (C=O) groups excluding carboxylic acids is 1. The largest absolute Gasteiger partial charge is 0.378 e.